The van der Waals surface area contributed by atoms with Gasteiger partial charge in [0.15, 0.2) is 0 Å². The highest BCUT2D eigenvalue weighted by Gasteiger charge is 2.13. The SMILES string of the molecule is CCOC(=O)c1cccc(NC(=O)Nc2ccc(C[C@@H](CO)NC[C@H](O)COc3ccccc3)cc2)c1. The summed E-state index contributed by atoms with van der Waals surface area (Å²) in [5.41, 5.74) is 2.36. The maximum Gasteiger partial charge on any atom is 0.338 e. The molecule has 37 heavy (non-hydrogen) atoms. The number of nitrogens with one attached hydrogen (secondary N) is 3. The lowest BCUT2D eigenvalue weighted by Gasteiger charge is -2.19. The number of rotatable bonds is 13. The number of aliphatic hydroxyl groups excluding tert-OH is 2. The topological polar surface area (TPSA) is 129 Å². The Balaban J connectivity index is 1.44. The number of benzene rings is 3. The summed E-state index contributed by atoms with van der Waals surface area (Å²) in [7, 11) is 0. The predicted molar refractivity (Wildman–Crippen MR) is 142 cm³/mol. The van der Waals surface area contributed by atoms with E-state index in [1.54, 1.807) is 43.3 Å². The first kappa shape index (κ1) is 27.7. The number of urea groups is 1. The van der Waals surface area contributed by atoms with Crippen molar-refractivity contribution < 1.29 is 29.3 Å². The van der Waals surface area contributed by atoms with E-state index in [9.17, 15) is 19.8 Å². The molecule has 2 amide bonds. The third-order valence-corrected chi connectivity index (χ3v) is 5.37. The van der Waals surface area contributed by atoms with Crippen molar-refractivity contribution in [1.82, 2.24) is 5.32 Å². The molecule has 0 aromatic heterocycles. The summed E-state index contributed by atoms with van der Waals surface area (Å²) in [6.45, 7) is 2.32. The molecule has 3 aromatic rings. The van der Waals surface area contributed by atoms with Crippen molar-refractivity contribution >= 4 is 23.4 Å². The molecule has 2 atom stereocenters. The van der Waals surface area contributed by atoms with Crippen molar-refractivity contribution in [3.8, 4) is 5.75 Å². The van der Waals surface area contributed by atoms with Crippen molar-refractivity contribution in [1.29, 1.82) is 0 Å². The Kier molecular flexibility index (Phi) is 10.9. The largest absolute Gasteiger partial charge is 0.491 e. The molecule has 0 heterocycles. The van der Waals surface area contributed by atoms with E-state index in [1.165, 1.54) is 0 Å². The molecule has 0 saturated heterocycles. The summed E-state index contributed by atoms with van der Waals surface area (Å²) < 4.78 is 10.5. The number of amides is 2. The van der Waals surface area contributed by atoms with Crippen LogP contribution in [0.1, 0.15) is 22.8 Å². The van der Waals surface area contributed by atoms with Crippen molar-refractivity contribution in [2.24, 2.45) is 0 Å². The molecule has 0 fully saturated rings. The van der Waals surface area contributed by atoms with E-state index in [0.29, 0.717) is 29.1 Å². The van der Waals surface area contributed by atoms with Gasteiger partial charge in [-0.2, -0.15) is 0 Å². The van der Waals surface area contributed by atoms with Crippen LogP contribution in [-0.2, 0) is 11.2 Å². The second kappa shape index (κ2) is 14.6. The predicted octanol–water partition coefficient (Wildman–Crippen LogP) is 3.44. The minimum Gasteiger partial charge on any atom is -0.491 e. The van der Waals surface area contributed by atoms with Crippen LogP contribution in [0.25, 0.3) is 0 Å². The number of hydrogen-bond acceptors (Lipinski definition) is 7. The molecule has 0 spiro atoms. The van der Waals surface area contributed by atoms with Crippen LogP contribution in [0.15, 0.2) is 78.9 Å². The molecule has 0 bridgehead atoms. The number of hydrogen-bond donors (Lipinski definition) is 5. The van der Waals surface area contributed by atoms with Gasteiger partial charge in [0.2, 0.25) is 0 Å². The van der Waals surface area contributed by atoms with E-state index >= 15 is 0 Å². The highest BCUT2D eigenvalue weighted by molar-refractivity contribution is 6.00. The third-order valence-electron chi connectivity index (χ3n) is 5.37. The van der Waals surface area contributed by atoms with E-state index < -0.39 is 18.1 Å². The fourth-order valence-electron chi connectivity index (χ4n) is 3.51. The van der Waals surface area contributed by atoms with Gasteiger partial charge in [-0.1, -0.05) is 36.4 Å². The number of anilines is 2. The van der Waals surface area contributed by atoms with Gasteiger partial charge in [-0.3, -0.25) is 0 Å². The molecule has 3 rings (SSSR count). The van der Waals surface area contributed by atoms with Crippen LogP contribution in [-0.4, -0.2) is 60.7 Å². The van der Waals surface area contributed by atoms with Gasteiger partial charge in [0.25, 0.3) is 0 Å². The molecule has 0 unspecified atom stereocenters. The molecular formula is C28H33N3O6. The Morgan fingerprint density at radius 3 is 2.35 bits per heavy atom. The van der Waals surface area contributed by atoms with Crippen molar-refractivity contribution in [2.45, 2.75) is 25.5 Å². The van der Waals surface area contributed by atoms with Gasteiger partial charge in [0, 0.05) is 24.0 Å². The van der Waals surface area contributed by atoms with E-state index in [0.717, 1.165) is 5.56 Å². The molecular weight excluding hydrogens is 474 g/mol. The molecule has 0 radical (unpaired) electrons. The number of para-hydroxylation sites is 1. The Morgan fingerprint density at radius 1 is 0.919 bits per heavy atom. The van der Waals surface area contributed by atoms with Crippen molar-refractivity contribution in [3.05, 3.63) is 90.0 Å². The molecule has 0 aliphatic rings. The minimum absolute atomic E-state index is 0.0977. The fraction of sp³-hybridized carbons (Fsp3) is 0.286. The summed E-state index contributed by atoms with van der Waals surface area (Å²) in [5.74, 6) is 0.237. The summed E-state index contributed by atoms with van der Waals surface area (Å²) in [5, 5.41) is 28.5. The normalized spacial score (nSPS) is 12.3. The van der Waals surface area contributed by atoms with Crippen LogP contribution in [0.2, 0.25) is 0 Å². The summed E-state index contributed by atoms with van der Waals surface area (Å²) in [6.07, 6.45) is -0.187. The summed E-state index contributed by atoms with van der Waals surface area (Å²) in [4.78, 5) is 24.2. The van der Waals surface area contributed by atoms with E-state index in [2.05, 4.69) is 16.0 Å². The monoisotopic (exact) mass is 507 g/mol. The second-order valence-corrected chi connectivity index (χ2v) is 8.35. The molecule has 5 N–H and O–H groups in total. The van der Waals surface area contributed by atoms with E-state index in [1.807, 2.05) is 42.5 Å². The Bertz CT molecular complexity index is 1120. The maximum atomic E-state index is 12.4. The van der Waals surface area contributed by atoms with Gasteiger partial charge < -0.3 is 35.6 Å². The van der Waals surface area contributed by atoms with Crippen LogP contribution in [0.3, 0.4) is 0 Å². The first-order valence-corrected chi connectivity index (χ1v) is 12.1. The lowest BCUT2D eigenvalue weighted by molar-refractivity contribution is 0.0526. The fourth-order valence-corrected chi connectivity index (χ4v) is 3.51. The Morgan fingerprint density at radius 2 is 1.65 bits per heavy atom. The standard InChI is InChI=1S/C28H33N3O6/c1-2-36-27(34)21-7-6-8-23(16-21)31-28(35)30-22-13-11-20(12-14-22)15-24(18-32)29-17-25(33)19-37-26-9-4-3-5-10-26/h3-14,16,24-25,29,32-33H,2,15,17-19H2,1H3,(H2,30,31,35)/t24-,25-/m0/s1. The number of aliphatic hydroxyl groups is 2. The van der Waals surface area contributed by atoms with Gasteiger partial charge in [-0.05, 0) is 61.4 Å². The zero-order valence-corrected chi connectivity index (χ0v) is 20.7. The lowest BCUT2D eigenvalue weighted by Crippen LogP contribution is -2.41. The smallest absolute Gasteiger partial charge is 0.338 e. The molecule has 0 aliphatic carbocycles. The molecule has 0 saturated carbocycles. The number of ether oxygens (including phenoxy) is 2. The lowest BCUT2D eigenvalue weighted by atomic mass is 10.1. The van der Waals surface area contributed by atoms with Gasteiger partial charge in [-0.15, -0.1) is 0 Å². The Labute approximate surface area is 216 Å². The van der Waals surface area contributed by atoms with Crippen LogP contribution in [0.5, 0.6) is 5.75 Å². The van der Waals surface area contributed by atoms with Crippen LogP contribution in [0, 0.1) is 0 Å². The van der Waals surface area contributed by atoms with Gasteiger partial charge >= 0.3 is 12.0 Å². The molecule has 9 nitrogen and oxygen atoms in total. The summed E-state index contributed by atoms with van der Waals surface area (Å²) in [6, 6.07) is 22.3. The van der Waals surface area contributed by atoms with Crippen molar-refractivity contribution in [3.63, 3.8) is 0 Å². The van der Waals surface area contributed by atoms with E-state index in [4.69, 9.17) is 9.47 Å². The van der Waals surface area contributed by atoms with Gasteiger partial charge in [0.05, 0.1) is 18.8 Å². The van der Waals surface area contributed by atoms with Crippen LogP contribution in [0.4, 0.5) is 16.2 Å². The zero-order valence-electron chi connectivity index (χ0n) is 20.7. The molecule has 196 valence electrons. The van der Waals surface area contributed by atoms with E-state index in [-0.39, 0.29) is 32.4 Å². The van der Waals surface area contributed by atoms with Crippen molar-refractivity contribution in [2.75, 3.05) is 37.0 Å². The molecule has 9 heteroatoms. The molecule has 3 aromatic carbocycles. The Hall–Kier alpha value is -3.92. The number of esters is 1. The highest BCUT2D eigenvalue weighted by Crippen LogP contribution is 2.15. The number of carbonyl (C=O) groups is 2. The third kappa shape index (κ3) is 9.57. The van der Waals surface area contributed by atoms with Crippen LogP contribution >= 0.6 is 0 Å². The maximum absolute atomic E-state index is 12.4. The molecule has 0 aliphatic heterocycles. The van der Waals surface area contributed by atoms with Gasteiger partial charge in [-0.25, -0.2) is 9.59 Å². The average Bonchev–Trinajstić information content (AvgIpc) is 2.91. The minimum atomic E-state index is -0.725. The first-order chi connectivity index (χ1) is 18.0. The van der Waals surface area contributed by atoms with Gasteiger partial charge in [0.1, 0.15) is 18.5 Å². The number of carbonyl (C=O) groups excluding carboxylic acids is 2. The quantitative estimate of drug-likeness (QED) is 0.224. The zero-order chi connectivity index (χ0) is 26.5. The summed E-state index contributed by atoms with van der Waals surface area (Å²) >= 11 is 0. The highest BCUT2D eigenvalue weighted by atomic mass is 16.5. The average molecular weight is 508 g/mol. The van der Waals surface area contributed by atoms with Crippen LogP contribution < -0.4 is 20.7 Å². The second-order valence-electron chi connectivity index (χ2n) is 8.35. The first-order valence-electron chi connectivity index (χ1n) is 12.1.